The minimum atomic E-state index is 0.550. The summed E-state index contributed by atoms with van der Waals surface area (Å²) in [6, 6.07) is 17.6. The van der Waals surface area contributed by atoms with Gasteiger partial charge in [-0.1, -0.05) is 29.8 Å². The summed E-state index contributed by atoms with van der Waals surface area (Å²) < 4.78 is 1.79. The van der Waals surface area contributed by atoms with E-state index in [1.807, 2.05) is 31.6 Å². The number of benzene rings is 2. The van der Waals surface area contributed by atoms with Gasteiger partial charge < -0.3 is 5.32 Å². The van der Waals surface area contributed by atoms with Crippen LogP contribution in [0, 0.1) is 11.3 Å². The van der Waals surface area contributed by atoms with Crippen LogP contribution in [0.4, 0.5) is 5.82 Å². The maximum atomic E-state index is 9.44. The van der Waals surface area contributed by atoms with Gasteiger partial charge >= 0.3 is 0 Å². The Morgan fingerprint density at radius 3 is 2.81 bits per heavy atom. The molecule has 6 heteroatoms. The van der Waals surface area contributed by atoms with E-state index in [-0.39, 0.29) is 0 Å². The Hall–Kier alpha value is -3.36. The SMILES string of the molecule is Cn1cc(-c2cccc(CNc3cc(C#N)c4cc(Cl)ccc4n3)c2)cn1. The zero-order valence-corrected chi connectivity index (χ0v) is 15.4. The molecule has 0 aliphatic rings. The Balaban J connectivity index is 1.59. The Kier molecular flexibility index (Phi) is 4.49. The van der Waals surface area contributed by atoms with Crippen LogP contribution in [0.5, 0.6) is 0 Å². The van der Waals surface area contributed by atoms with Crippen molar-refractivity contribution in [2.45, 2.75) is 6.54 Å². The number of pyridine rings is 1. The van der Waals surface area contributed by atoms with Crippen molar-refractivity contribution in [1.29, 1.82) is 5.26 Å². The zero-order chi connectivity index (χ0) is 18.8. The van der Waals surface area contributed by atoms with Crippen molar-refractivity contribution >= 4 is 28.3 Å². The molecule has 0 radical (unpaired) electrons. The predicted octanol–water partition coefficient (Wildman–Crippen LogP) is 4.77. The number of aromatic nitrogens is 3. The smallest absolute Gasteiger partial charge is 0.128 e. The van der Waals surface area contributed by atoms with Crippen LogP contribution in [0.2, 0.25) is 5.02 Å². The Morgan fingerprint density at radius 2 is 2.04 bits per heavy atom. The van der Waals surface area contributed by atoms with Crippen LogP contribution in [-0.2, 0) is 13.6 Å². The molecule has 0 amide bonds. The average Bonchev–Trinajstić information content (AvgIpc) is 3.12. The monoisotopic (exact) mass is 373 g/mol. The van der Waals surface area contributed by atoms with Gasteiger partial charge in [0.2, 0.25) is 0 Å². The normalized spacial score (nSPS) is 10.7. The lowest BCUT2D eigenvalue weighted by molar-refractivity contribution is 0.768. The van der Waals surface area contributed by atoms with Crippen LogP contribution >= 0.6 is 11.6 Å². The molecule has 1 N–H and O–H groups in total. The fourth-order valence-electron chi connectivity index (χ4n) is 3.00. The third-order valence-corrected chi connectivity index (χ3v) is 4.57. The molecule has 4 aromatic rings. The molecule has 0 saturated heterocycles. The Morgan fingerprint density at radius 1 is 1.15 bits per heavy atom. The maximum absolute atomic E-state index is 9.44. The summed E-state index contributed by atoms with van der Waals surface area (Å²) in [7, 11) is 1.90. The lowest BCUT2D eigenvalue weighted by Gasteiger charge is -2.09. The molecule has 2 heterocycles. The first-order chi connectivity index (χ1) is 13.1. The molecule has 0 fully saturated rings. The Bertz CT molecular complexity index is 1170. The van der Waals surface area contributed by atoms with Crippen LogP contribution in [0.1, 0.15) is 11.1 Å². The Labute approximate surface area is 161 Å². The van der Waals surface area contributed by atoms with E-state index in [1.54, 1.807) is 22.9 Å². The van der Waals surface area contributed by atoms with Gasteiger partial charge in [-0.3, -0.25) is 4.68 Å². The van der Waals surface area contributed by atoms with Crippen LogP contribution in [-0.4, -0.2) is 14.8 Å². The minimum Gasteiger partial charge on any atom is -0.366 e. The largest absolute Gasteiger partial charge is 0.366 e. The molecular formula is C21H16ClN5. The first kappa shape index (κ1) is 17.1. The molecule has 2 aromatic carbocycles. The standard InChI is InChI=1S/C21H16ClN5/c1-27-13-17(12-25-27)15-4-2-3-14(7-15)11-24-21-8-16(10-23)19-9-18(22)5-6-20(19)26-21/h2-9,12-13H,11H2,1H3,(H,24,26). The highest BCUT2D eigenvalue weighted by Gasteiger charge is 2.07. The van der Waals surface area contributed by atoms with Gasteiger partial charge in [0.05, 0.1) is 23.3 Å². The number of halogens is 1. The van der Waals surface area contributed by atoms with Gasteiger partial charge in [0.15, 0.2) is 0 Å². The summed E-state index contributed by atoms with van der Waals surface area (Å²) in [6.45, 7) is 0.602. The zero-order valence-electron chi connectivity index (χ0n) is 14.6. The fraction of sp³-hybridized carbons (Fsp3) is 0.0952. The summed E-state index contributed by atoms with van der Waals surface area (Å²) in [5.74, 6) is 0.660. The molecule has 27 heavy (non-hydrogen) atoms. The maximum Gasteiger partial charge on any atom is 0.128 e. The molecule has 0 atom stereocenters. The van der Waals surface area contributed by atoms with E-state index in [0.717, 1.165) is 27.6 Å². The molecule has 4 rings (SSSR count). The van der Waals surface area contributed by atoms with Gasteiger partial charge in [-0.2, -0.15) is 10.4 Å². The third kappa shape index (κ3) is 3.62. The van der Waals surface area contributed by atoms with E-state index >= 15 is 0 Å². The fourth-order valence-corrected chi connectivity index (χ4v) is 3.18. The molecule has 0 bridgehead atoms. The summed E-state index contributed by atoms with van der Waals surface area (Å²) >= 11 is 6.04. The minimum absolute atomic E-state index is 0.550. The number of rotatable bonds is 4. The number of hydrogen-bond acceptors (Lipinski definition) is 4. The number of nitriles is 1. The van der Waals surface area contributed by atoms with Crippen molar-refractivity contribution in [1.82, 2.24) is 14.8 Å². The number of fused-ring (bicyclic) bond motifs is 1. The van der Waals surface area contributed by atoms with Gasteiger partial charge in [-0.25, -0.2) is 4.98 Å². The average molecular weight is 374 g/mol. The first-order valence-corrected chi connectivity index (χ1v) is 8.82. The molecule has 0 saturated carbocycles. The van der Waals surface area contributed by atoms with Gasteiger partial charge in [-0.15, -0.1) is 0 Å². The van der Waals surface area contributed by atoms with Crippen LogP contribution < -0.4 is 5.32 Å². The van der Waals surface area contributed by atoms with Gasteiger partial charge in [-0.05, 0) is 41.5 Å². The van der Waals surface area contributed by atoms with Gasteiger partial charge in [0.25, 0.3) is 0 Å². The van der Waals surface area contributed by atoms with E-state index in [0.29, 0.717) is 22.9 Å². The summed E-state index contributed by atoms with van der Waals surface area (Å²) in [6.07, 6.45) is 3.84. The van der Waals surface area contributed by atoms with Crippen molar-refractivity contribution in [2.24, 2.45) is 7.05 Å². The second kappa shape index (κ2) is 7.10. The first-order valence-electron chi connectivity index (χ1n) is 8.44. The van der Waals surface area contributed by atoms with Crippen molar-refractivity contribution in [2.75, 3.05) is 5.32 Å². The van der Waals surface area contributed by atoms with Crippen LogP contribution in [0.3, 0.4) is 0 Å². The van der Waals surface area contributed by atoms with Crippen LogP contribution in [0.25, 0.3) is 22.0 Å². The second-order valence-electron chi connectivity index (χ2n) is 6.28. The van der Waals surface area contributed by atoms with Crippen molar-refractivity contribution in [3.8, 4) is 17.2 Å². The summed E-state index contributed by atoms with van der Waals surface area (Å²) in [5, 5.41) is 18.3. The predicted molar refractivity (Wildman–Crippen MR) is 107 cm³/mol. The van der Waals surface area contributed by atoms with Crippen molar-refractivity contribution < 1.29 is 0 Å². The molecule has 5 nitrogen and oxygen atoms in total. The number of hydrogen-bond donors (Lipinski definition) is 1. The van der Waals surface area contributed by atoms with Gasteiger partial charge in [0, 0.05) is 35.8 Å². The quantitative estimate of drug-likeness (QED) is 0.559. The van der Waals surface area contributed by atoms with E-state index in [9.17, 15) is 5.26 Å². The van der Waals surface area contributed by atoms with Crippen molar-refractivity contribution in [3.63, 3.8) is 0 Å². The third-order valence-electron chi connectivity index (χ3n) is 4.33. The summed E-state index contributed by atoms with van der Waals surface area (Å²) in [4.78, 5) is 4.59. The molecule has 2 aromatic heterocycles. The molecular weight excluding hydrogens is 358 g/mol. The van der Waals surface area contributed by atoms with E-state index in [1.165, 1.54) is 0 Å². The lowest BCUT2D eigenvalue weighted by Crippen LogP contribution is -2.02. The van der Waals surface area contributed by atoms with E-state index in [4.69, 9.17) is 11.6 Å². The van der Waals surface area contributed by atoms with E-state index in [2.05, 4.69) is 39.7 Å². The molecule has 0 unspecified atom stereocenters. The van der Waals surface area contributed by atoms with E-state index < -0.39 is 0 Å². The van der Waals surface area contributed by atoms with Crippen LogP contribution in [0.15, 0.2) is 60.9 Å². The number of aryl methyl sites for hydroxylation is 1. The number of nitrogens with one attached hydrogen (secondary N) is 1. The van der Waals surface area contributed by atoms with Gasteiger partial charge in [0.1, 0.15) is 5.82 Å². The second-order valence-corrected chi connectivity index (χ2v) is 6.72. The summed E-state index contributed by atoms with van der Waals surface area (Å²) in [5.41, 5.74) is 4.60. The topological polar surface area (TPSA) is 66.5 Å². The highest BCUT2D eigenvalue weighted by atomic mass is 35.5. The number of anilines is 1. The molecule has 132 valence electrons. The highest BCUT2D eigenvalue weighted by molar-refractivity contribution is 6.31. The lowest BCUT2D eigenvalue weighted by atomic mass is 10.1. The molecule has 0 spiro atoms. The molecule has 0 aliphatic carbocycles. The highest BCUT2D eigenvalue weighted by Crippen LogP contribution is 2.24. The molecule has 0 aliphatic heterocycles. The van der Waals surface area contributed by atoms with Crippen molar-refractivity contribution in [3.05, 3.63) is 77.1 Å². The number of nitrogens with zero attached hydrogens (tertiary/aromatic N) is 4.